The van der Waals surface area contributed by atoms with E-state index in [4.69, 9.17) is 5.73 Å². The van der Waals surface area contributed by atoms with Crippen molar-refractivity contribution in [3.8, 4) is 0 Å². The smallest absolute Gasteiger partial charge is 0.248 e. The third kappa shape index (κ3) is 3.10. The molecule has 4 heteroatoms. The average molecular weight is 258 g/mol. The van der Waals surface area contributed by atoms with Crippen molar-refractivity contribution in [2.45, 2.75) is 13.5 Å². The first-order valence-electron chi connectivity index (χ1n) is 5.95. The number of primary amides is 1. The molecule has 98 valence electrons. The molecule has 0 aliphatic carbocycles. The van der Waals surface area contributed by atoms with Gasteiger partial charge < -0.3 is 11.1 Å². The Labute approximate surface area is 111 Å². The summed E-state index contributed by atoms with van der Waals surface area (Å²) in [6.07, 6.45) is 0. The van der Waals surface area contributed by atoms with E-state index in [9.17, 15) is 9.18 Å². The van der Waals surface area contributed by atoms with Gasteiger partial charge in [-0.25, -0.2) is 4.39 Å². The van der Waals surface area contributed by atoms with Gasteiger partial charge in [0, 0.05) is 23.4 Å². The monoisotopic (exact) mass is 258 g/mol. The van der Waals surface area contributed by atoms with E-state index in [-0.39, 0.29) is 5.56 Å². The zero-order valence-electron chi connectivity index (χ0n) is 10.6. The summed E-state index contributed by atoms with van der Waals surface area (Å²) in [6, 6.07) is 12.5. The molecule has 0 heterocycles. The second kappa shape index (κ2) is 5.52. The number of hydrogen-bond acceptors (Lipinski definition) is 2. The highest BCUT2D eigenvalue weighted by Crippen LogP contribution is 2.21. The topological polar surface area (TPSA) is 55.1 Å². The average Bonchev–Trinajstić information content (AvgIpc) is 2.41. The van der Waals surface area contributed by atoms with Gasteiger partial charge in [-0.1, -0.05) is 30.3 Å². The highest BCUT2D eigenvalue weighted by Gasteiger charge is 2.10. The lowest BCUT2D eigenvalue weighted by Crippen LogP contribution is -2.13. The summed E-state index contributed by atoms with van der Waals surface area (Å²) in [7, 11) is 0. The van der Waals surface area contributed by atoms with Crippen molar-refractivity contribution in [3.63, 3.8) is 0 Å². The maximum Gasteiger partial charge on any atom is 0.248 e. The van der Waals surface area contributed by atoms with Gasteiger partial charge in [0.2, 0.25) is 5.91 Å². The third-order valence-corrected chi connectivity index (χ3v) is 2.95. The van der Waals surface area contributed by atoms with Crippen LogP contribution < -0.4 is 11.1 Å². The fourth-order valence-electron chi connectivity index (χ4n) is 1.80. The first-order valence-corrected chi connectivity index (χ1v) is 5.95. The number of carbonyl (C=O) groups is 1. The first kappa shape index (κ1) is 13.1. The van der Waals surface area contributed by atoms with E-state index in [0.29, 0.717) is 17.8 Å². The van der Waals surface area contributed by atoms with Crippen molar-refractivity contribution < 1.29 is 9.18 Å². The number of rotatable bonds is 4. The van der Waals surface area contributed by atoms with Gasteiger partial charge in [-0.2, -0.15) is 0 Å². The maximum absolute atomic E-state index is 13.7. The van der Waals surface area contributed by atoms with Gasteiger partial charge in [0.05, 0.1) is 0 Å². The number of carbonyl (C=O) groups excluding carboxylic acids is 1. The van der Waals surface area contributed by atoms with E-state index < -0.39 is 11.7 Å². The largest absolute Gasteiger partial charge is 0.381 e. The van der Waals surface area contributed by atoms with Crippen molar-refractivity contribution in [1.82, 2.24) is 0 Å². The zero-order chi connectivity index (χ0) is 13.8. The van der Waals surface area contributed by atoms with Crippen LogP contribution >= 0.6 is 0 Å². The minimum absolute atomic E-state index is 0.165. The van der Waals surface area contributed by atoms with Crippen molar-refractivity contribution in [1.29, 1.82) is 0 Å². The van der Waals surface area contributed by atoms with Crippen LogP contribution in [0.15, 0.2) is 42.5 Å². The number of hydrogen-bond donors (Lipinski definition) is 2. The summed E-state index contributed by atoms with van der Waals surface area (Å²) in [5, 5.41) is 3.12. The molecule has 0 bridgehead atoms. The molecule has 0 fully saturated rings. The number of nitrogens with two attached hydrogens (primary N) is 1. The Bertz CT molecular complexity index is 597. The number of halogens is 1. The van der Waals surface area contributed by atoms with E-state index in [2.05, 4.69) is 5.32 Å². The SMILES string of the molecule is Cc1c(F)cc(C(N)=O)cc1NCc1ccccc1. The lowest BCUT2D eigenvalue weighted by Gasteiger charge is -2.11. The summed E-state index contributed by atoms with van der Waals surface area (Å²) >= 11 is 0. The molecule has 0 saturated heterocycles. The first-order chi connectivity index (χ1) is 9.08. The van der Waals surface area contributed by atoms with Crippen LogP contribution in [0.3, 0.4) is 0 Å². The molecule has 0 aromatic heterocycles. The molecular weight excluding hydrogens is 243 g/mol. The van der Waals surface area contributed by atoms with Crippen LogP contribution in [0, 0.1) is 12.7 Å². The molecule has 2 aromatic rings. The number of amides is 1. The zero-order valence-corrected chi connectivity index (χ0v) is 10.6. The molecule has 19 heavy (non-hydrogen) atoms. The summed E-state index contributed by atoms with van der Waals surface area (Å²) in [5.74, 6) is -1.08. The predicted molar refractivity (Wildman–Crippen MR) is 73.4 cm³/mol. The maximum atomic E-state index is 13.7. The number of benzene rings is 2. The van der Waals surface area contributed by atoms with Crippen LogP contribution in [-0.2, 0) is 6.54 Å². The van der Waals surface area contributed by atoms with Crippen molar-refractivity contribution in [3.05, 3.63) is 65.0 Å². The number of anilines is 1. The molecule has 0 aliphatic rings. The van der Waals surface area contributed by atoms with E-state index in [0.717, 1.165) is 11.6 Å². The molecule has 1 amide bonds. The number of nitrogens with one attached hydrogen (secondary N) is 1. The summed E-state index contributed by atoms with van der Waals surface area (Å²) in [5.41, 5.74) is 7.47. The lowest BCUT2D eigenvalue weighted by atomic mass is 10.1. The fourth-order valence-corrected chi connectivity index (χ4v) is 1.80. The van der Waals surface area contributed by atoms with Crippen LogP contribution in [0.2, 0.25) is 0 Å². The van der Waals surface area contributed by atoms with Gasteiger partial charge >= 0.3 is 0 Å². The normalized spacial score (nSPS) is 10.2. The molecule has 0 spiro atoms. The molecule has 0 aliphatic heterocycles. The predicted octanol–water partition coefficient (Wildman–Crippen LogP) is 2.85. The molecule has 0 atom stereocenters. The van der Waals surface area contributed by atoms with Crippen LogP contribution in [0.5, 0.6) is 0 Å². The lowest BCUT2D eigenvalue weighted by molar-refractivity contribution is 0.1000. The van der Waals surface area contributed by atoms with Crippen molar-refractivity contribution >= 4 is 11.6 Å². The second-order valence-electron chi connectivity index (χ2n) is 4.33. The van der Waals surface area contributed by atoms with Crippen LogP contribution in [0.25, 0.3) is 0 Å². The second-order valence-corrected chi connectivity index (χ2v) is 4.33. The van der Waals surface area contributed by atoms with Gasteiger partial charge in [-0.3, -0.25) is 4.79 Å². The summed E-state index contributed by atoms with van der Waals surface area (Å²) < 4.78 is 13.7. The molecule has 0 saturated carbocycles. The Balaban J connectivity index is 2.22. The molecule has 3 N–H and O–H groups in total. The quantitative estimate of drug-likeness (QED) is 0.886. The van der Waals surface area contributed by atoms with Crippen LogP contribution in [0.1, 0.15) is 21.5 Å². The van der Waals surface area contributed by atoms with Crippen LogP contribution in [-0.4, -0.2) is 5.91 Å². The Morgan fingerprint density at radius 2 is 1.95 bits per heavy atom. The van der Waals surface area contributed by atoms with Crippen molar-refractivity contribution in [2.75, 3.05) is 5.32 Å². The molecule has 0 radical (unpaired) electrons. The van der Waals surface area contributed by atoms with E-state index in [1.807, 2.05) is 30.3 Å². The summed E-state index contributed by atoms with van der Waals surface area (Å²) in [4.78, 5) is 11.1. The van der Waals surface area contributed by atoms with E-state index in [1.165, 1.54) is 0 Å². The van der Waals surface area contributed by atoms with Gasteiger partial charge in [-0.05, 0) is 24.6 Å². The van der Waals surface area contributed by atoms with Gasteiger partial charge in [0.1, 0.15) is 5.82 Å². The Kier molecular flexibility index (Phi) is 3.80. The van der Waals surface area contributed by atoms with Crippen LogP contribution in [0.4, 0.5) is 10.1 Å². The third-order valence-electron chi connectivity index (χ3n) is 2.95. The highest BCUT2D eigenvalue weighted by atomic mass is 19.1. The molecular formula is C15H15FN2O. The van der Waals surface area contributed by atoms with Crippen molar-refractivity contribution in [2.24, 2.45) is 5.73 Å². The molecule has 3 nitrogen and oxygen atoms in total. The minimum atomic E-state index is -0.637. The molecule has 2 rings (SSSR count). The fraction of sp³-hybridized carbons (Fsp3) is 0.133. The highest BCUT2D eigenvalue weighted by molar-refractivity contribution is 5.94. The van der Waals surface area contributed by atoms with E-state index >= 15 is 0 Å². The Morgan fingerprint density at radius 1 is 1.26 bits per heavy atom. The standard InChI is InChI=1S/C15H15FN2O/c1-10-13(16)7-12(15(17)19)8-14(10)18-9-11-5-3-2-4-6-11/h2-8,18H,9H2,1H3,(H2,17,19). The Hall–Kier alpha value is -2.36. The molecule has 2 aromatic carbocycles. The van der Waals surface area contributed by atoms with Gasteiger partial charge in [0.15, 0.2) is 0 Å². The Morgan fingerprint density at radius 3 is 2.58 bits per heavy atom. The minimum Gasteiger partial charge on any atom is -0.381 e. The molecule has 0 unspecified atom stereocenters. The van der Waals surface area contributed by atoms with Gasteiger partial charge in [0.25, 0.3) is 0 Å². The summed E-state index contributed by atoms with van der Waals surface area (Å²) in [6.45, 7) is 2.22. The van der Waals surface area contributed by atoms with E-state index in [1.54, 1.807) is 13.0 Å². The van der Waals surface area contributed by atoms with Gasteiger partial charge in [-0.15, -0.1) is 0 Å².